The number of rotatable bonds is 8. The van der Waals surface area contributed by atoms with E-state index in [-0.39, 0.29) is 36.8 Å². The van der Waals surface area contributed by atoms with Crippen LogP contribution in [0.5, 0.6) is 0 Å². The predicted octanol–water partition coefficient (Wildman–Crippen LogP) is 3.24. The first-order valence-electron chi connectivity index (χ1n) is 7.77. The van der Waals surface area contributed by atoms with Crippen LogP contribution in [0, 0.1) is 5.41 Å². The Bertz CT molecular complexity index is 430. The number of para-hydroxylation sites is 1. The average Bonchev–Trinajstić information content (AvgIpc) is 2.54. The van der Waals surface area contributed by atoms with Crippen molar-refractivity contribution in [3.63, 3.8) is 0 Å². The van der Waals surface area contributed by atoms with Crippen molar-refractivity contribution >= 4 is 36.4 Å². The zero-order chi connectivity index (χ0) is 15.9. The molecule has 0 spiro atoms. The third-order valence-corrected chi connectivity index (χ3v) is 4.61. The monoisotopic (exact) mass is 363 g/mol. The number of benzene rings is 1. The van der Waals surface area contributed by atoms with Gasteiger partial charge in [-0.15, -0.1) is 24.8 Å². The fraction of sp³-hybridized carbons (Fsp3) is 0.588. The SMILES string of the molecule is CCC(CC)(CN)C(=O)NCC(C)N(C)c1ccccc1.Cl.Cl. The molecule has 0 heterocycles. The van der Waals surface area contributed by atoms with Crippen LogP contribution in [0.2, 0.25) is 0 Å². The van der Waals surface area contributed by atoms with Crippen molar-refractivity contribution in [1.82, 2.24) is 5.32 Å². The summed E-state index contributed by atoms with van der Waals surface area (Å²) in [5.41, 5.74) is 6.54. The Balaban J connectivity index is 0. The number of hydrogen-bond acceptors (Lipinski definition) is 3. The van der Waals surface area contributed by atoms with Gasteiger partial charge in [0.15, 0.2) is 0 Å². The highest BCUT2D eigenvalue weighted by molar-refractivity contribution is 5.85. The van der Waals surface area contributed by atoms with E-state index in [4.69, 9.17) is 5.73 Å². The molecule has 0 fully saturated rings. The van der Waals surface area contributed by atoms with Gasteiger partial charge < -0.3 is 16.0 Å². The summed E-state index contributed by atoms with van der Waals surface area (Å²) in [5, 5.41) is 3.07. The van der Waals surface area contributed by atoms with Crippen LogP contribution >= 0.6 is 24.8 Å². The Morgan fingerprint density at radius 2 is 1.74 bits per heavy atom. The Kier molecular flexibility index (Phi) is 12.2. The van der Waals surface area contributed by atoms with Gasteiger partial charge in [-0.2, -0.15) is 0 Å². The van der Waals surface area contributed by atoms with Gasteiger partial charge in [-0.05, 0) is 31.9 Å². The molecule has 0 radical (unpaired) electrons. The van der Waals surface area contributed by atoms with Crippen LogP contribution in [0.25, 0.3) is 0 Å². The largest absolute Gasteiger partial charge is 0.370 e. The normalized spacial score (nSPS) is 11.7. The summed E-state index contributed by atoms with van der Waals surface area (Å²) < 4.78 is 0. The fourth-order valence-electron chi connectivity index (χ4n) is 2.43. The van der Waals surface area contributed by atoms with Crippen LogP contribution in [0.1, 0.15) is 33.6 Å². The minimum Gasteiger partial charge on any atom is -0.370 e. The van der Waals surface area contributed by atoms with Gasteiger partial charge in [0, 0.05) is 31.9 Å². The second-order valence-electron chi connectivity index (χ2n) is 5.70. The maximum absolute atomic E-state index is 12.4. The highest BCUT2D eigenvalue weighted by Gasteiger charge is 2.33. The Morgan fingerprint density at radius 1 is 1.22 bits per heavy atom. The van der Waals surface area contributed by atoms with E-state index in [9.17, 15) is 4.79 Å². The smallest absolute Gasteiger partial charge is 0.227 e. The molecule has 4 nitrogen and oxygen atoms in total. The maximum atomic E-state index is 12.4. The number of amides is 1. The molecule has 1 rings (SSSR count). The molecule has 23 heavy (non-hydrogen) atoms. The quantitative estimate of drug-likeness (QED) is 0.745. The first-order valence-corrected chi connectivity index (χ1v) is 7.77. The van der Waals surface area contributed by atoms with Gasteiger partial charge >= 0.3 is 0 Å². The number of anilines is 1. The highest BCUT2D eigenvalue weighted by atomic mass is 35.5. The molecule has 0 aromatic heterocycles. The summed E-state index contributed by atoms with van der Waals surface area (Å²) >= 11 is 0. The van der Waals surface area contributed by atoms with E-state index < -0.39 is 5.41 Å². The second kappa shape index (κ2) is 11.5. The Labute approximate surface area is 153 Å². The number of nitrogens with one attached hydrogen (secondary N) is 1. The van der Waals surface area contributed by atoms with Gasteiger partial charge in [0.25, 0.3) is 0 Å². The number of nitrogens with two attached hydrogens (primary N) is 1. The summed E-state index contributed by atoms with van der Waals surface area (Å²) in [7, 11) is 2.04. The lowest BCUT2D eigenvalue weighted by Gasteiger charge is -2.31. The van der Waals surface area contributed by atoms with E-state index in [0.717, 1.165) is 18.5 Å². The molecule has 134 valence electrons. The number of halogens is 2. The van der Waals surface area contributed by atoms with Crippen molar-refractivity contribution in [3.05, 3.63) is 30.3 Å². The molecular formula is C17H31Cl2N3O. The zero-order valence-electron chi connectivity index (χ0n) is 14.5. The number of carbonyl (C=O) groups is 1. The van der Waals surface area contributed by atoms with E-state index in [1.807, 2.05) is 39.1 Å². The second-order valence-corrected chi connectivity index (χ2v) is 5.70. The first-order chi connectivity index (χ1) is 10.0. The molecule has 3 N–H and O–H groups in total. The van der Waals surface area contributed by atoms with Crippen molar-refractivity contribution in [1.29, 1.82) is 0 Å². The third kappa shape index (κ3) is 6.21. The van der Waals surface area contributed by atoms with Crippen LogP contribution in [0.15, 0.2) is 30.3 Å². The third-order valence-electron chi connectivity index (χ3n) is 4.61. The standard InChI is InChI=1S/C17H29N3O.2ClH/c1-5-17(6-2,13-18)16(21)19-12-14(3)20(4)15-10-8-7-9-11-15;;/h7-11,14H,5-6,12-13,18H2,1-4H3,(H,19,21);2*1H. The van der Waals surface area contributed by atoms with Gasteiger partial charge in [0.2, 0.25) is 5.91 Å². The van der Waals surface area contributed by atoms with Gasteiger partial charge in [0.05, 0.1) is 5.41 Å². The summed E-state index contributed by atoms with van der Waals surface area (Å²) in [6.07, 6.45) is 1.55. The summed E-state index contributed by atoms with van der Waals surface area (Å²) in [6.45, 7) is 7.17. The van der Waals surface area contributed by atoms with Crippen LogP contribution in [-0.2, 0) is 4.79 Å². The number of nitrogens with zero attached hydrogens (tertiary/aromatic N) is 1. The van der Waals surface area contributed by atoms with E-state index in [1.54, 1.807) is 0 Å². The molecule has 0 aliphatic heterocycles. The topological polar surface area (TPSA) is 58.4 Å². The van der Waals surface area contributed by atoms with E-state index in [1.165, 1.54) is 0 Å². The van der Waals surface area contributed by atoms with E-state index in [2.05, 4.69) is 29.3 Å². The first kappa shape index (κ1) is 24.3. The summed E-state index contributed by atoms with van der Waals surface area (Å²) in [4.78, 5) is 14.6. The molecule has 0 aliphatic rings. The van der Waals surface area contributed by atoms with Crippen molar-refractivity contribution in [2.24, 2.45) is 11.1 Å². The zero-order valence-corrected chi connectivity index (χ0v) is 16.2. The van der Waals surface area contributed by atoms with Crippen LogP contribution in [-0.4, -0.2) is 32.1 Å². The molecular weight excluding hydrogens is 333 g/mol. The number of hydrogen-bond donors (Lipinski definition) is 2. The molecule has 0 aliphatic carbocycles. The minimum atomic E-state index is -0.426. The Morgan fingerprint density at radius 3 is 2.17 bits per heavy atom. The number of likely N-dealkylation sites (N-methyl/N-ethyl adjacent to an activating group) is 1. The predicted molar refractivity (Wildman–Crippen MR) is 104 cm³/mol. The van der Waals surface area contributed by atoms with E-state index in [0.29, 0.717) is 13.1 Å². The molecule has 6 heteroatoms. The van der Waals surface area contributed by atoms with Crippen molar-refractivity contribution in [2.45, 2.75) is 39.7 Å². The summed E-state index contributed by atoms with van der Waals surface area (Å²) in [5.74, 6) is 0.0725. The molecule has 1 aromatic carbocycles. The number of carbonyl (C=O) groups excluding carboxylic acids is 1. The van der Waals surface area contributed by atoms with Gasteiger partial charge in [0.1, 0.15) is 0 Å². The minimum absolute atomic E-state index is 0. The van der Waals surface area contributed by atoms with Crippen molar-refractivity contribution in [2.75, 3.05) is 25.0 Å². The molecule has 1 amide bonds. The fourth-order valence-corrected chi connectivity index (χ4v) is 2.43. The van der Waals surface area contributed by atoms with Gasteiger partial charge in [-0.1, -0.05) is 32.0 Å². The average molecular weight is 364 g/mol. The van der Waals surface area contributed by atoms with Crippen LogP contribution < -0.4 is 16.0 Å². The van der Waals surface area contributed by atoms with E-state index >= 15 is 0 Å². The Hall–Kier alpha value is -0.970. The lowest BCUT2D eigenvalue weighted by atomic mass is 9.81. The van der Waals surface area contributed by atoms with Gasteiger partial charge in [-0.25, -0.2) is 0 Å². The highest BCUT2D eigenvalue weighted by Crippen LogP contribution is 2.25. The molecule has 1 aromatic rings. The van der Waals surface area contributed by atoms with Gasteiger partial charge in [-0.3, -0.25) is 4.79 Å². The van der Waals surface area contributed by atoms with Crippen molar-refractivity contribution in [3.8, 4) is 0 Å². The molecule has 1 unspecified atom stereocenters. The molecule has 0 saturated carbocycles. The van der Waals surface area contributed by atoms with Crippen LogP contribution in [0.4, 0.5) is 5.69 Å². The lowest BCUT2D eigenvalue weighted by Crippen LogP contribution is -2.49. The molecule has 1 atom stereocenters. The molecule has 0 saturated heterocycles. The summed E-state index contributed by atoms with van der Waals surface area (Å²) in [6, 6.07) is 10.4. The lowest BCUT2D eigenvalue weighted by molar-refractivity contribution is -0.131. The van der Waals surface area contributed by atoms with Crippen LogP contribution in [0.3, 0.4) is 0 Å². The maximum Gasteiger partial charge on any atom is 0.227 e. The molecule has 0 bridgehead atoms. The van der Waals surface area contributed by atoms with Crippen molar-refractivity contribution < 1.29 is 4.79 Å².